The predicted molar refractivity (Wildman–Crippen MR) is 98.8 cm³/mol. The van der Waals surface area contributed by atoms with Gasteiger partial charge in [-0.15, -0.1) is 0 Å². The predicted octanol–water partition coefficient (Wildman–Crippen LogP) is 4.37. The van der Waals surface area contributed by atoms with Gasteiger partial charge < -0.3 is 15.4 Å². The highest BCUT2D eigenvalue weighted by Gasteiger charge is 2.16. The Kier molecular flexibility index (Phi) is 5.78. The van der Waals surface area contributed by atoms with E-state index in [2.05, 4.69) is 15.6 Å². The van der Waals surface area contributed by atoms with Crippen molar-refractivity contribution < 1.29 is 22.7 Å². The normalized spacial score (nSPS) is 10.4. The fourth-order valence-electron chi connectivity index (χ4n) is 2.49. The SMILES string of the molecule is COc1ccccc1CNc1ccc(C(=O)Nc2ccc(F)c(F)c2F)nc1. The van der Waals surface area contributed by atoms with Crippen LogP contribution in [0.5, 0.6) is 5.75 Å². The van der Waals surface area contributed by atoms with Crippen LogP contribution in [0.1, 0.15) is 16.1 Å². The molecule has 2 N–H and O–H groups in total. The molecule has 3 rings (SSSR count). The molecule has 1 heterocycles. The fraction of sp³-hybridized carbons (Fsp3) is 0.100. The van der Waals surface area contributed by atoms with Gasteiger partial charge >= 0.3 is 0 Å². The Labute approximate surface area is 159 Å². The molecule has 0 atom stereocenters. The second-order valence-electron chi connectivity index (χ2n) is 5.77. The van der Waals surface area contributed by atoms with Gasteiger partial charge in [-0.3, -0.25) is 4.79 Å². The summed E-state index contributed by atoms with van der Waals surface area (Å²) in [6.45, 7) is 0.483. The number of carbonyl (C=O) groups excluding carboxylic acids is 1. The molecule has 3 aromatic rings. The number of pyridine rings is 1. The molecule has 0 radical (unpaired) electrons. The van der Waals surface area contributed by atoms with Gasteiger partial charge in [0.15, 0.2) is 17.5 Å². The average Bonchev–Trinajstić information content (AvgIpc) is 2.73. The van der Waals surface area contributed by atoms with Gasteiger partial charge in [-0.05, 0) is 30.3 Å². The van der Waals surface area contributed by atoms with Crippen molar-refractivity contribution >= 4 is 17.3 Å². The van der Waals surface area contributed by atoms with E-state index in [1.165, 1.54) is 12.3 Å². The van der Waals surface area contributed by atoms with Crippen LogP contribution in [-0.4, -0.2) is 18.0 Å². The van der Waals surface area contributed by atoms with E-state index < -0.39 is 29.0 Å². The number of hydrogen-bond donors (Lipinski definition) is 2. The van der Waals surface area contributed by atoms with Crippen molar-refractivity contribution in [3.05, 3.63) is 83.4 Å². The van der Waals surface area contributed by atoms with Crippen molar-refractivity contribution in [1.29, 1.82) is 0 Å². The van der Waals surface area contributed by atoms with Crippen LogP contribution in [0.4, 0.5) is 24.5 Å². The second kappa shape index (κ2) is 8.43. The molecule has 144 valence electrons. The number of nitrogens with zero attached hydrogens (tertiary/aromatic N) is 1. The Morgan fingerprint density at radius 2 is 1.82 bits per heavy atom. The summed E-state index contributed by atoms with van der Waals surface area (Å²) >= 11 is 0. The Balaban J connectivity index is 1.65. The van der Waals surface area contributed by atoms with Crippen molar-refractivity contribution in [2.45, 2.75) is 6.54 Å². The van der Waals surface area contributed by atoms with Crippen LogP contribution in [-0.2, 0) is 6.54 Å². The largest absolute Gasteiger partial charge is 0.496 e. The molecule has 1 amide bonds. The van der Waals surface area contributed by atoms with Crippen molar-refractivity contribution in [3.8, 4) is 5.75 Å². The first kappa shape index (κ1) is 19.2. The van der Waals surface area contributed by atoms with E-state index >= 15 is 0 Å². The standard InChI is InChI=1S/C20H16F3N3O2/c1-28-17-5-3-2-4-12(17)10-24-13-6-8-16(25-11-13)20(27)26-15-9-7-14(21)18(22)19(15)23/h2-9,11,24H,10H2,1H3,(H,26,27). The molecule has 0 saturated heterocycles. The van der Waals surface area contributed by atoms with Crippen molar-refractivity contribution in [2.24, 2.45) is 0 Å². The quantitative estimate of drug-likeness (QED) is 0.617. The maximum atomic E-state index is 13.7. The number of anilines is 2. The molecule has 0 spiro atoms. The number of aromatic nitrogens is 1. The zero-order chi connectivity index (χ0) is 20.1. The van der Waals surface area contributed by atoms with Gasteiger partial charge in [-0.1, -0.05) is 18.2 Å². The monoisotopic (exact) mass is 387 g/mol. The summed E-state index contributed by atoms with van der Waals surface area (Å²) in [6, 6.07) is 12.2. The third-order valence-electron chi connectivity index (χ3n) is 3.95. The minimum atomic E-state index is -1.65. The van der Waals surface area contributed by atoms with E-state index in [1.807, 2.05) is 24.3 Å². The van der Waals surface area contributed by atoms with Gasteiger partial charge in [0.2, 0.25) is 0 Å². The lowest BCUT2D eigenvalue weighted by Gasteiger charge is -2.11. The molecule has 5 nitrogen and oxygen atoms in total. The molecule has 28 heavy (non-hydrogen) atoms. The van der Waals surface area contributed by atoms with E-state index in [0.29, 0.717) is 12.2 Å². The molecule has 0 saturated carbocycles. The average molecular weight is 387 g/mol. The third kappa shape index (κ3) is 4.22. The molecule has 0 aliphatic rings. The number of halogens is 3. The number of ether oxygens (including phenoxy) is 1. The maximum absolute atomic E-state index is 13.7. The lowest BCUT2D eigenvalue weighted by Crippen LogP contribution is -2.15. The number of methoxy groups -OCH3 is 1. The number of hydrogen-bond acceptors (Lipinski definition) is 4. The number of benzene rings is 2. The summed E-state index contributed by atoms with van der Waals surface area (Å²) in [7, 11) is 1.59. The number of para-hydroxylation sites is 1. The van der Waals surface area contributed by atoms with Crippen LogP contribution >= 0.6 is 0 Å². The molecular formula is C20H16F3N3O2. The Morgan fingerprint density at radius 1 is 1.04 bits per heavy atom. The van der Waals surface area contributed by atoms with Crippen LogP contribution in [0.2, 0.25) is 0 Å². The van der Waals surface area contributed by atoms with Crippen molar-refractivity contribution in [2.75, 3.05) is 17.7 Å². The molecule has 0 aliphatic carbocycles. The summed E-state index contributed by atoms with van der Waals surface area (Å²) in [5, 5.41) is 5.32. The van der Waals surface area contributed by atoms with Gasteiger partial charge in [0.1, 0.15) is 11.4 Å². The highest BCUT2D eigenvalue weighted by Crippen LogP contribution is 2.21. The Hall–Kier alpha value is -3.55. The molecule has 0 bridgehead atoms. The summed E-state index contributed by atoms with van der Waals surface area (Å²) in [5.41, 5.74) is 1.12. The maximum Gasteiger partial charge on any atom is 0.274 e. The highest BCUT2D eigenvalue weighted by molar-refractivity contribution is 6.03. The van der Waals surface area contributed by atoms with Crippen LogP contribution in [0.3, 0.4) is 0 Å². The topological polar surface area (TPSA) is 63.2 Å². The van der Waals surface area contributed by atoms with Gasteiger partial charge in [-0.2, -0.15) is 0 Å². The van der Waals surface area contributed by atoms with Crippen molar-refractivity contribution in [3.63, 3.8) is 0 Å². The summed E-state index contributed by atoms with van der Waals surface area (Å²) in [4.78, 5) is 16.1. The van der Waals surface area contributed by atoms with Crippen LogP contribution < -0.4 is 15.4 Å². The highest BCUT2D eigenvalue weighted by atomic mass is 19.2. The molecule has 0 unspecified atom stereocenters. The van der Waals surface area contributed by atoms with Crippen LogP contribution in [0.15, 0.2) is 54.7 Å². The van der Waals surface area contributed by atoms with E-state index in [9.17, 15) is 18.0 Å². The van der Waals surface area contributed by atoms with E-state index in [0.717, 1.165) is 23.4 Å². The molecule has 2 aromatic carbocycles. The smallest absolute Gasteiger partial charge is 0.274 e. The molecule has 1 aromatic heterocycles. The second-order valence-corrected chi connectivity index (χ2v) is 5.77. The minimum absolute atomic E-state index is 0.00743. The summed E-state index contributed by atoms with van der Waals surface area (Å²) in [6.07, 6.45) is 1.44. The third-order valence-corrected chi connectivity index (χ3v) is 3.95. The Morgan fingerprint density at radius 3 is 2.54 bits per heavy atom. The molecular weight excluding hydrogens is 371 g/mol. The van der Waals surface area contributed by atoms with Crippen molar-refractivity contribution in [1.82, 2.24) is 4.98 Å². The summed E-state index contributed by atoms with van der Waals surface area (Å²) in [5.74, 6) is -4.46. The number of carbonyl (C=O) groups is 1. The number of rotatable bonds is 6. The van der Waals surface area contributed by atoms with Crippen LogP contribution in [0, 0.1) is 17.5 Å². The number of amides is 1. The minimum Gasteiger partial charge on any atom is -0.496 e. The van der Waals surface area contributed by atoms with Gasteiger partial charge in [0.05, 0.1) is 24.7 Å². The fourth-order valence-corrected chi connectivity index (χ4v) is 2.49. The van der Waals surface area contributed by atoms with Gasteiger partial charge in [0, 0.05) is 12.1 Å². The summed E-state index contributed by atoms with van der Waals surface area (Å²) < 4.78 is 45.1. The Bertz CT molecular complexity index is 994. The lowest BCUT2D eigenvalue weighted by atomic mass is 10.2. The lowest BCUT2D eigenvalue weighted by molar-refractivity contribution is 0.102. The molecule has 8 heteroatoms. The van der Waals surface area contributed by atoms with Crippen LogP contribution in [0.25, 0.3) is 0 Å². The molecule has 0 aliphatic heterocycles. The zero-order valence-corrected chi connectivity index (χ0v) is 14.8. The first-order valence-electron chi connectivity index (χ1n) is 8.26. The van der Waals surface area contributed by atoms with E-state index in [1.54, 1.807) is 13.2 Å². The van der Waals surface area contributed by atoms with Gasteiger partial charge in [-0.25, -0.2) is 18.2 Å². The van der Waals surface area contributed by atoms with E-state index in [-0.39, 0.29) is 5.69 Å². The first-order valence-corrected chi connectivity index (χ1v) is 8.26. The number of nitrogens with one attached hydrogen (secondary N) is 2. The molecule has 0 fully saturated rings. The first-order chi connectivity index (χ1) is 13.5. The van der Waals surface area contributed by atoms with Gasteiger partial charge in [0.25, 0.3) is 5.91 Å². The zero-order valence-electron chi connectivity index (χ0n) is 14.8. The van der Waals surface area contributed by atoms with E-state index in [4.69, 9.17) is 4.74 Å².